The Balaban J connectivity index is 0.000000178. The number of allylic oxidation sites excluding steroid dienone is 2. The maximum absolute atomic E-state index is 11.7. The standard InChI is InChI=1S/C45H35N2O.C25H25N2.C13H24O2.Ir/c1-27(2)36-24-32(29-13-6-5-7-14-29)25-37(28(3)4)43(36)47-41-20-11-10-19-40(41)46-45(47)35-18-12-17-34-39-23-31-22-21-30-15-8-9-16-33(30)38(31)26-42(39)48-44(34)35;1-17(2)20-13-10-14-21(18(3)4)24(20)27-23-16-9-8-15-22(23)26-25(27)19-11-6-5-7-12-19;1-5-10(6-2)12(14)9-13(15)11(7-3)8-4;/h5-17,19-28H,1-4H3;5-11,13-18H,1-4H3;9-11,14H,5-8H2,1-4H3;/q2*-1;;/b;;12-9-;. The van der Waals surface area contributed by atoms with Crippen molar-refractivity contribution in [3.05, 3.63) is 240 Å². The SMILES string of the molecule is CC(C)c1cc(-c2ccccc2)cc(C(C)C)c1-n1c(-c2[c-]ccc3c2oc2cc4c(ccc5ccccc54)cc23)nc2ccccc21.CC(C)c1cccc(C(C)C)c1-n1c(-c2[c-]cccc2)nc2ccccc21.CCC(CC)C(=O)/C=C(\O)C(CC)CC.[Ir]. The number of imidazole rings is 2. The maximum atomic E-state index is 11.7. The Morgan fingerprint density at radius 1 is 0.484 bits per heavy atom. The number of carbonyl (C=O) groups excluding carboxylic acids is 1. The molecule has 0 amide bonds. The average molecular weight is 1380 g/mol. The number of ketones is 1. The summed E-state index contributed by atoms with van der Waals surface area (Å²) in [5.41, 5.74) is 17.9. The monoisotopic (exact) mass is 1380 g/mol. The number of benzene rings is 10. The van der Waals surface area contributed by atoms with E-state index in [1.165, 1.54) is 72.4 Å². The first-order valence-electron chi connectivity index (χ1n) is 32.6. The smallest absolute Gasteiger partial charge is 0.162 e. The molecule has 0 fully saturated rings. The topological polar surface area (TPSA) is 86.1 Å². The quantitative estimate of drug-likeness (QED) is 0.0451. The molecule has 3 heterocycles. The van der Waals surface area contributed by atoms with Crippen LogP contribution in [0.25, 0.3) is 111 Å². The van der Waals surface area contributed by atoms with E-state index in [1.54, 1.807) is 0 Å². The summed E-state index contributed by atoms with van der Waals surface area (Å²) in [5.74, 6) is 3.75. The molecule has 13 rings (SSSR count). The summed E-state index contributed by atoms with van der Waals surface area (Å²) >= 11 is 0. The molecule has 0 spiro atoms. The number of carbonyl (C=O) groups is 1. The molecule has 1 N–H and O–H groups in total. The average Bonchev–Trinajstić information content (AvgIpc) is 1.63. The van der Waals surface area contributed by atoms with Crippen LogP contribution < -0.4 is 0 Å². The number of aliphatic hydroxyl groups is 1. The van der Waals surface area contributed by atoms with E-state index in [9.17, 15) is 9.90 Å². The molecule has 0 unspecified atom stereocenters. The third kappa shape index (κ3) is 13.1. The number of hydrogen-bond donors (Lipinski definition) is 1. The van der Waals surface area contributed by atoms with Gasteiger partial charge in [-0.3, -0.25) is 14.8 Å². The molecule has 0 aliphatic carbocycles. The number of nitrogens with zero attached hydrogens (tertiary/aromatic N) is 4. The fraction of sp³-hybridized carbons (Fsp3) is 0.265. The molecule has 3 aromatic heterocycles. The second-order valence-corrected chi connectivity index (χ2v) is 25.1. The molecule has 0 saturated heterocycles. The van der Waals surface area contributed by atoms with Crippen LogP contribution in [-0.2, 0) is 24.9 Å². The first-order chi connectivity index (χ1) is 43.6. The summed E-state index contributed by atoms with van der Waals surface area (Å²) in [5, 5.41) is 16.8. The van der Waals surface area contributed by atoms with E-state index in [2.05, 4.69) is 247 Å². The third-order valence-electron chi connectivity index (χ3n) is 18.0. The van der Waals surface area contributed by atoms with Gasteiger partial charge in [-0.2, -0.15) is 0 Å². The molecule has 465 valence electrons. The van der Waals surface area contributed by atoms with E-state index < -0.39 is 0 Å². The minimum absolute atomic E-state index is 0. The fourth-order valence-electron chi connectivity index (χ4n) is 13.0. The number of fused-ring (bicyclic) bond motifs is 8. The van der Waals surface area contributed by atoms with E-state index >= 15 is 0 Å². The summed E-state index contributed by atoms with van der Waals surface area (Å²) in [6.45, 7) is 26.3. The van der Waals surface area contributed by atoms with Crippen molar-refractivity contribution in [1.29, 1.82) is 0 Å². The molecule has 91 heavy (non-hydrogen) atoms. The van der Waals surface area contributed by atoms with Crippen LogP contribution in [0.5, 0.6) is 0 Å². The first kappa shape index (κ1) is 65.3. The molecule has 0 atom stereocenters. The Bertz CT molecular complexity index is 4650. The minimum Gasteiger partial charge on any atom is -0.512 e. The summed E-state index contributed by atoms with van der Waals surface area (Å²) in [7, 11) is 0. The molecule has 0 bridgehead atoms. The van der Waals surface area contributed by atoms with Crippen LogP contribution in [0.1, 0.15) is 155 Å². The minimum atomic E-state index is 0. The van der Waals surface area contributed by atoms with Crippen molar-refractivity contribution in [3.63, 3.8) is 0 Å². The van der Waals surface area contributed by atoms with E-state index in [1.807, 2.05) is 52.0 Å². The summed E-state index contributed by atoms with van der Waals surface area (Å²) < 4.78 is 11.5. The number of rotatable bonds is 16. The summed E-state index contributed by atoms with van der Waals surface area (Å²) in [4.78, 5) is 22.0. The van der Waals surface area contributed by atoms with E-state index in [4.69, 9.17) is 14.4 Å². The van der Waals surface area contributed by atoms with Gasteiger partial charge in [0.05, 0.1) is 45.1 Å². The van der Waals surface area contributed by atoms with Gasteiger partial charge in [-0.1, -0.05) is 203 Å². The van der Waals surface area contributed by atoms with Crippen molar-refractivity contribution >= 4 is 71.3 Å². The van der Waals surface area contributed by atoms with Crippen LogP contribution >= 0.6 is 0 Å². The Morgan fingerprint density at radius 2 is 1.02 bits per heavy atom. The van der Waals surface area contributed by atoms with Crippen molar-refractivity contribution in [2.24, 2.45) is 11.8 Å². The zero-order valence-electron chi connectivity index (χ0n) is 54.7. The van der Waals surface area contributed by atoms with Gasteiger partial charge in [0.1, 0.15) is 5.58 Å². The molecule has 1 radical (unpaired) electrons. The summed E-state index contributed by atoms with van der Waals surface area (Å²) in [6.07, 6.45) is 4.91. The molecule has 13 aromatic rings. The Morgan fingerprint density at radius 3 is 1.62 bits per heavy atom. The second-order valence-electron chi connectivity index (χ2n) is 25.1. The van der Waals surface area contributed by atoms with Gasteiger partial charge in [-0.15, -0.1) is 54.1 Å². The van der Waals surface area contributed by atoms with Crippen molar-refractivity contribution in [1.82, 2.24) is 19.1 Å². The van der Waals surface area contributed by atoms with Gasteiger partial charge in [-0.25, -0.2) is 0 Å². The Hall–Kier alpha value is -8.68. The molecular formula is C83H84IrN4O3-2. The number of furan rings is 1. The second kappa shape index (κ2) is 28.6. The van der Waals surface area contributed by atoms with Crippen molar-refractivity contribution in [2.75, 3.05) is 0 Å². The van der Waals surface area contributed by atoms with Crippen LogP contribution in [-0.4, -0.2) is 30.0 Å². The molecule has 0 saturated carbocycles. The number of para-hydroxylation sites is 5. The van der Waals surface area contributed by atoms with Gasteiger partial charge in [-0.05, 0) is 153 Å². The Kier molecular flexibility index (Phi) is 20.6. The molecule has 0 aliphatic heterocycles. The predicted molar refractivity (Wildman–Crippen MR) is 379 cm³/mol. The van der Waals surface area contributed by atoms with Crippen LogP contribution in [0.2, 0.25) is 0 Å². The van der Waals surface area contributed by atoms with Gasteiger partial charge >= 0.3 is 0 Å². The normalized spacial score (nSPS) is 11.9. The van der Waals surface area contributed by atoms with Crippen LogP contribution in [0.15, 0.2) is 210 Å². The number of aliphatic hydroxyl groups excluding tert-OH is 1. The number of aromatic nitrogens is 4. The molecule has 10 aromatic carbocycles. The fourth-order valence-corrected chi connectivity index (χ4v) is 13.0. The maximum Gasteiger partial charge on any atom is 0.162 e. The molecule has 0 aliphatic rings. The molecular weight excluding hydrogens is 1290 g/mol. The molecule has 8 heteroatoms. The van der Waals surface area contributed by atoms with Crippen molar-refractivity contribution in [3.8, 4) is 45.3 Å². The van der Waals surface area contributed by atoms with E-state index in [0.717, 1.165) is 92.5 Å². The van der Waals surface area contributed by atoms with Gasteiger partial charge in [0, 0.05) is 54.8 Å². The third-order valence-corrected chi connectivity index (χ3v) is 18.0. The van der Waals surface area contributed by atoms with Gasteiger partial charge in [0.15, 0.2) is 5.78 Å². The van der Waals surface area contributed by atoms with Crippen LogP contribution in [0.3, 0.4) is 0 Å². The van der Waals surface area contributed by atoms with Crippen LogP contribution in [0.4, 0.5) is 0 Å². The van der Waals surface area contributed by atoms with Gasteiger partial charge < -0.3 is 18.7 Å². The van der Waals surface area contributed by atoms with Crippen LogP contribution in [0, 0.1) is 24.0 Å². The zero-order chi connectivity index (χ0) is 63.3. The van der Waals surface area contributed by atoms with E-state index in [0.29, 0.717) is 11.8 Å². The van der Waals surface area contributed by atoms with Crippen molar-refractivity contribution < 1.29 is 34.4 Å². The Labute approximate surface area is 551 Å². The van der Waals surface area contributed by atoms with Crippen molar-refractivity contribution in [2.45, 2.75) is 132 Å². The van der Waals surface area contributed by atoms with Gasteiger partial charge in [0.2, 0.25) is 0 Å². The first-order valence-corrected chi connectivity index (χ1v) is 32.6. The molecule has 7 nitrogen and oxygen atoms in total. The zero-order valence-corrected chi connectivity index (χ0v) is 57.1. The van der Waals surface area contributed by atoms with Gasteiger partial charge in [0.25, 0.3) is 0 Å². The largest absolute Gasteiger partial charge is 0.512 e. The summed E-state index contributed by atoms with van der Waals surface area (Å²) in [6, 6.07) is 75.6. The number of hydrogen-bond acceptors (Lipinski definition) is 5. The predicted octanol–water partition coefficient (Wildman–Crippen LogP) is 23.2. The van der Waals surface area contributed by atoms with E-state index in [-0.39, 0.29) is 55.3 Å².